The molecule has 0 heterocycles. The van der Waals surface area contributed by atoms with Crippen molar-refractivity contribution in [3.8, 4) is 0 Å². The van der Waals surface area contributed by atoms with Gasteiger partial charge in [-0.1, -0.05) is 96.8 Å². The maximum absolute atomic E-state index is 2.30. The Labute approximate surface area is 189 Å². The summed E-state index contributed by atoms with van der Waals surface area (Å²) < 4.78 is 1.12. The zero-order valence-electron chi connectivity index (χ0n) is 18.0. The molecule has 0 aliphatic carbocycles. The molecule has 0 aromatic carbocycles. The van der Waals surface area contributed by atoms with Crippen molar-refractivity contribution < 1.29 is 42.5 Å². The molecule has 1 atom stereocenters. The molecule has 1 unspecified atom stereocenters. The fraction of sp³-hybridized carbons (Fsp3) is 1.00. The second-order valence-electron chi connectivity index (χ2n) is 8.32. The third kappa shape index (κ3) is 33.6. The zero-order valence-corrected chi connectivity index (χ0v) is 23.9. The number of hydrogen-bond acceptors (Lipinski definition) is 0. The summed E-state index contributed by atoms with van der Waals surface area (Å²) in [6.45, 7) is 3.63. The Hall–Kier alpha value is 1.56. The molecule has 0 rings (SSSR count). The second kappa shape index (κ2) is 25.6. The third-order valence-electron chi connectivity index (χ3n) is 4.68. The molecule has 0 fully saturated rings. The molecule has 0 aliphatic heterocycles. The summed E-state index contributed by atoms with van der Waals surface area (Å²) in [5, 5.41) is 0. The van der Waals surface area contributed by atoms with Crippen LogP contribution in [0, 0.1) is 0 Å². The summed E-state index contributed by atoms with van der Waals surface area (Å²) in [5.74, 6) is 0. The van der Waals surface area contributed by atoms with Gasteiger partial charge in [0, 0.05) is 21.1 Å². The predicted octanol–water partition coefficient (Wildman–Crippen LogP) is 4.01. The Bertz CT molecular complexity index is 222. The molecule has 0 aromatic heterocycles. The molecule has 0 N–H and O–H groups in total. The number of halogens is 1. The van der Waals surface area contributed by atoms with Crippen molar-refractivity contribution in [2.75, 3.05) is 27.7 Å². The Morgan fingerprint density at radius 2 is 0.720 bits per heavy atom. The van der Waals surface area contributed by atoms with Crippen molar-refractivity contribution in [2.45, 2.75) is 110 Å². The molecular weight excluding hydrogens is 561 g/mol. The summed E-state index contributed by atoms with van der Waals surface area (Å²) >= 11 is 0. The molecular formula is C21H49BrNPW. The maximum Gasteiger partial charge on any atom is 0.0780 e. The summed E-state index contributed by atoms with van der Waals surface area (Å²) in [6.07, 6.45) is 23.4. The first kappa shape index (κ1) is 34.1. The van der Waals surface area contributed by atoms with E-state index in [0.717, 1.165) is 4.48 Å². The number of rotatable bonds is 17. The van der Waals surface area contributed by atoms with Crippen LogP contribution in [0.2, 0.25) is 0 Å². The maximum atomic E-state index is 2.30. The molecule has 1 nitrogen and oxygen atoms in total. The summed E-state index contributed by atoms with van der Waals surface area (Å²) in [6, 6.07) is 0. The second-order valence-corrected chi connectivity index (χ2v) is 8.32. The van der Waals surface area contributed by atoms with Crippen LogP contribution in [0.3, 0.4) is 0 Å². The SMILES string of the molecule is CCCCCCCCCCCCCCCCCC[N+](C)(C)C.P.[Br-].[W]. The molecule has 0 aliphatic rings. The average molecular weight is 610 g/mol. The van der Waals surface area contributed by atoms with Crippen LogP contribution in [-0.4, -0.2) is 32.2 Å². The van der Waals surface area contributed by atoms with Crippen LogP contribution in [0.5, 0.6) is 0 Å². The van der Waals surface area contributed by atoms with Crippen LogP contribution in [0.15, 0.2) is 0 Å². The minimum absolute atomic E-state index is 0. The average Bonchev–Trinajstić information content (AvgIpc) is 2.45. The first-order valence-electron chi connectivity index (χ1n) is 10.4. The van der Waals surface area contributed by atoms with Crippen LogP contribution in [0.25, 0.3) is 0 Å². The van der Waals surface area contributed by atoms with E-state index < -0.39 is 0 Å². The van der Waals surface area contributed by atoms with Crippen molar-refractivity contribution in [1.82, 2.24) is 0 Å². The third-order valence-corrected chi connectivity index (χ3v) is 4.68. The van der Waals surface area contributed by atoms with E-state index in [9.17, 15) is 0 Å². The van der Waals surface area contributed by atoms with Gasteiger partial charge in [-0.25, -0.2) is 0 Å². The summed E-state index contributed by atoms with van der Waals surface area (Å²) in [7, 11) is 6.89. The van der Waals surface area contributed by atoms with E-state index >= 15 is 0 Å². The van der Waals surface area contributed by atoms with Gasteiger partial charge in [0.1, 0.15) is 0 Å². The standard InChI is InChI=1S/C21H46N.BrH.H3P.W/c1-5-6-7-8-9-10-11-12-13-14-15-16-17-18-19-20-21-22(2,3)4;;;/h5-21H2,1-4H3;1H;1H3;/q+1;;;/p-1. The van der Waals surface area contributed by atoms with Crippen LogP contribution < -0.4 is 17.0 Å². The normalized spacial score (nSPS) is 10.6. The molecule has 25 heavy (non-hydrogen) atoms. The van der Waals surface area contributed by atoms with E-state index in [4.69, 9.17) is 0 Å². The number of quaternary nitrogens is 1. The van der Waals surface area contributed by atoms with E-state index in [0.29, 0.717) is 0 Å². The van der Waals surface area contributed by atoms with E-state index in [1.807, 2.05) is 0 Å². The van der Waals surface area contributed by atoms with Crippen molar-refractivity contribution in [3.63, 3.8) is 0 Å². The van der Waals surface area contributed by atoms with Crippen LogP contribution >= 0.6 is 9.90 Å². The molecule has 0 radical (unpaired) electrons. The van der Waals surface area contributed by atoms with Gasteiger partial charge < -0.3 is 21.5 Å². The summed E-state index contributed by atoms with van der Waals surface area (Å²) in [4.78, 5) is 0. The Morgan fingerprint density at radius 3 is 0.960 bits per heavy atom. The van der Waals surface area contributed by atoms with Gasteiger partial charge in [-0.3, -0.25) is 0 Å². The Morgan fingerprint density at radius 1 is 0.480 bits per heavy atom. The van der Waals surface area contributed by atoms with Gasteiger partial charge in [-0.15, -0.1) is 0 Å². The number of unbranched alkanes of at least 4 members (excludes halogenated alkanes) is 15. The zero-order chi connectivity index (χ0) is 16.5. The van der Waals surface area contributed by atoms with Gasteiger partial charge in [-0.05, 0) is 12.8 Å². The molecule has 0 saturated carbocycles. The van der Waals surface area contributed by atoms with E-state index in [-0.39, 0.29) is 47.9 Å². The molecule has 156 valence electrons. The van der Waals surface area contributed by atoms with E-state index in [1.54, 1.807) is 0 Å². The fourth-order valence-corrected chi connectivity index (χ4v) is 3.13. The smallest absolute Gasteiger partial charge is 0.0780 e. The van der Waals surface area contributed by atoms with E-state index in [1.165, 1.54) is 109 Å². The first-order chi connectivity index (χ1) is 10.6. The topological polar surface area (TPSA) is 0 Å². The Balaban J connectivity index is -0.000000735. The van der Waals surface area contributed by atoms with Gasteiger partial charge in [-0.2, -0.15) is 9.90 Å². The van der Waals surface area contributed by atoms with Crippen LogP contribution in [-0.2, 0) is 21.1 Å². The monoisotopic (exact) mass is 609 g/mol. The van der Waals surface area contributed by atoms with Gasteiger partial charge in [0.15, 0.2) is 0 Å². The van der Waals surface area contributed by atoms with Gasteiger partial charge in [0.2, 0.25) is 0 Å². The van der Waals surface area contributed by atoms with Gasteiger partial charge in [0.25, 0.3) is 0 Å². The van der Waals surface area contributed by atoms with Crippen molar-refractivity contribution in [3.05, 3.63) is 0 Å². The molecule has 0 saturated heterocycles. The molecule has 0 amide bonds. The van der Waals surface area contributed by atoms with Crippen molar-refractivity contribution in [1.29, 1.82) is 0 Å². The quantitative estimate of drug-likeness (QED) is 0.133. The molecule has 0 spiro atoms. The molecule has 4 heteroatoms. The minimum Gasteiger partial charge on any atom is -1.00 e. The summed E-state index contributed by atoms with van der Waals surface area (Å²) in [5.41, 5.74) is 0. The van der Waals surface area contributed by atoms with Crippen LogP contribution in [0.1, 0.15) is 110 Å². The first-order valence-corrected chi connectivity index (χ1v) is 10.4. The molecule has 0 bridgehead atoms. The largest absolute Gasteiger partial charge is 1.00 e. The van der Waals surface area contributed by atoms with Gasteiger partial charge in [0.05, 0.1) is 27.7 Å². The predicted molar refractivity (Wildman–Crippen MR) is 114 cm³/mol. The fourth-order valence-electron chi connectivity index (χ4n) is 3.13. The van der Waals surface area contributed by atoms with Crippen LogP contribution in [0.4, 0.5) is 0 Å². The Kier molecular flexibility index (Phi) is 34.9. The van der Waals surface area contributed by atoms with Crippen molar-refractivity contribution in [2.24, 2.45) is 0 Å². The van der Waals surface area contributed by atoms with Gasteiger partial charge >= 0.3 is 0 Å². The number of nitrogens with zero attached hydrogens (tertiary/aromatic N) is 1. The minimum atomic E-state index is 0. The number of hydrogen-bond donors (Lipinski definition) is 0. The van der Waals surface area contributed by atoms with E-state index in [2.05, 4.69) is 28.1 Å². The molecule has 0 aromatic rings. The van der Waals surface area contributed by atoms with Crippen molar-refractivity contribution >= 4 is 9.90 Å².